The SMILES string of the molecule is O=C(Nc1sc2c(c1C(=O)NC1CCS(=O)(=O)C1)CCC2)c1ccc(Cl)cc1Cl. The van der Waals surface area contributed by atoms with Gasteiger partial charge in [-0.15, -0.1) is 11.3 Å². The predicted molar refractivity (Wildman–Crippen MR) is 115 cm³/mol. The fraction of sp³-hybridized carbons (Fsp3) is 0.368. The second-order valence-electron chi connectivity index (χ2n) is 7.21. The Balaban J connectivity index is 1.59. The first-order chi connectivity index (χ1) is 13.7. The van der Waals surface area contributed by atoms with Crippen molar-refractivity contribution in [3.63, 3.8) is 0 Å². The Bertz CT molecular complexity index is 1110. The smallest absolute Gasteiger partial charge is 0.257 e. The second-order valence-corrected chi connectivity index (χ2v) is 11.4. The zero-order chi connectivity index (χ0) is 20.8. The molecule has 1 fully saturated rings. The van der Waals surface area contributed by atoms with Crippen molar-refractivity contribution in [1.29, 1.82) is 0 Å². The number of nitrogens with one attached hydrogen (secondary N) is 2. The molecule has 2 aromatic rings. The van der Waals surface area contributed by atoms with E-state index < -0.39 is 21.8 Å². The molecule has 1 atom stereocenters. The van der Waals surface area contributed by atoms with E-state index in [1.54, 1.807) is 6.07 Å². The van der Waals surface area contributed by atoms with E-state index in [0.717, 1.165) is 29.7 Å². The first kappa shape index (κ1) is 20.7. The summed E-state index contributed by atoms with van der Waals surface area (Å²) in [6.07, 6.45) is 2.98. The third-order valence-corrected chi connectivity index (χ3v) is 8.64. The van der Waals surface area contributed by atoms with E-state index in [9.17, 15) is 18.0 Å². The van der Waals surface area contributed by atoms with E-state index >= 15 is 0 Å². The Morgan fingerprint density at radius 1 is 1.14 bits per heavy atom. The average Bonchev–Trinajstić information content (AvgIpc) is 3.28. The van der Waals surface area contributed by atoms with E-state index in [2.05, 4.69) is 10.6 Å². The van der Waals surface area contributed by atoms with Gasteiger partial charge < -0.3 is 10.6 Å². The Hall–Kier alpha value is -1.61. The molecule has 29 heavy (non-hydrogen) atoms. The van der Waals surface area contributed by atoms with Crippen molar-refractivity contribution in [2.45, 2.75) is 31.7 Å². The molecule has 1 unspecified atom stereocenters. The van der Waals surface area contributed by atoms with E-state index in [-0.39, 0.29) is 28.0 Å². The normalized spacial score (nSPS) is 19.7. The van der Waals surface area contributed by atoms with E-state index in [1.165, 1.54) is 23.5 Å². The van der Waals surface area contributed by atoms with Crippen molar-refractivity contribution in [1.82, 2.24) is 5.32 Å². The molecule has 2 N–H and O–H groups in total. The van der Waals surface area contributed by atoms with Crippen LogP contribution in [0.5, 0.6) is 0 Å². The average molecular weight is 473 g/mol. The molecular weight excluding hydrogens is 455 g/mol. The van der Waals surface area contributed by atoms with Crippen molar-refractivity contribution >= 4 is 61.2 Å². The van der Waals surface area contributed by atoms with E-state index in [4.69, 9.17) is 23.2 Å². The van der Waals surface area contributed by atoms with Crippen molar-refractivity contribution in [2.24, 2.45) is 0 Å². The molecule has 1 aromatic heterocycles. The Labute approximate surface area is 182 Å². The number of aryl methyl sites for hydroxylation is 1. The number of anilines is 1. The summed E-state index contributed by atoms with van der Waals surface area (Å²) in [7, 11) is -3.10. The van der Waals surface area contributed by atoms with Crippen LogP contribution in [0.15, 0.2) is 18.2 Å². The Morgan fingerprint density at radius 3 is 2.62 bits per heavy atom. The van der Waals surface area contributed by atoms with Gasteiger partial charge in [0.25, 0.3) is 11.8 Å². The quantitative estimate of drug-likeness (QED) is 0.708. The van der Waals surface area contributed by atoms with Gasteiger partial charge in [0, 0.05) is 15.9 Å². The molecule has 0 spiro atoms. The third kappa shape index (κ3) is 4.30. The number of carbonyl (C=O) groups is 2. The highest BCUT2D eigenvalue weighted by Gasteiger charge is 2.33. The molecule has 0 radical (unpaired) electrons. The zero-order valence-electron chi connectivity index (χ0n) is 15.3. The highest BCUT2D eigenvalue weighted by atomic mass is 35.5. The molecule has 2 amide bonds. The summed E-state index contributed by atoms with van der Waals surface area (Å²) in [6, 6.07) is 4.19. The van der Waals surface area contributed by atoms with Gasteiger partial charge in [-0.25, -0.2) is 8.42 Å². The molecule has 10 heteroatoms. The summed E-state index contributed by atoms with van der Waals surface area (Å²) in [5.41, 5.74) is 1.63. The highest BCUT2D eigenvalue weighted by molar-refractivity contribution is 7.91. The molecule has 6 nitrogen and oxygen atoms in total. The number of carbonyl (C=O) groups excluding carboxylic acids is 2. The number of hydrogen-bond donors (Lipinski definition) is 2. The van der Waals surface area contributed by atoms with Crippen LogP contribution in [0.3, 0.4) is 0 Å². The minimum absolute atomic E-state index is 0.0485. The minimum Gasteiger partial charge on any atom is -0.348 e. The van der Waals surface area contributed by atoms with Gasteiger partial charge in [-0.05, 0) is 49.4 Å². The number of sulfone groups is 1. The molecule has 2 heterocycles. The number of thiophene rings is 1. The fourth-order valence-electron chi connectivity index (χ4n) is 3.74. The number of rotatable bonds is 4. The van der Waals surface area contributed by atoms with Crippen LogP contribution in [0, 0.1) is 0 Å². The first-order valence-corrected chi connectivity index (χ1v) is 12.5. The number of fused-ring (bicyclic) bond motifs is 1. The van der Waals surface area contributed by atoms with Crippen molar-refractivity contribution in [3.05, 3.63) is 49.8 Å². The van der Waals surface area contributed by atoms with Gasteiger partial charge >= 0.3 is 0 Å². The molecule has 2 aliphatic rings. The lowest BCUT2D eigenvalue weighted by atomic mass is 10.1. The summed E-state index contributed by atoms with van der Waals surface area (Å²) >= 11 is 13.4. The predicted octanol–water partition coefficient (Wildman–Crippen LogP) is 3.71. The summed E-state index contributed by atoms with van der Waals surface area (Å²) in [6.45, 7) is 0. The van der Waals surface area contributed by atoms with Crippen molar-refractivity contribution in [2.75, 3.05) is 16.8 Å². The Morgan fingerprint density at radius 2 is 1.93 bits per heavy atom. The summed E-state index contributed by atoms with van der Waals surface area (Å²) in [4.78, 5) is 26.8. The van der Waals surface area contributed by atoms with Gasteiger partial charge in [0.05, 0.1) is 27.7 Å². The van der Waals surface area contributed by atoms with Gasteiger partial charge in [-0.2, -0.15) is 0 Å². The standard InChI is InChI=1S/C19H18Cl2N2O4S2/c20-10-4-5-12(14(21)8-10)17(24)23-19-16(13-2-1-3-15(13)28-19)18(25)22-11-6-7-29(26,27)9-11/h4-5,8,11H,1-3,6-7,9H2,(H,22,25)(H,23,24). The van der Waals surface area contributed by atoms with Crippen LogP contribution in [0.25, 0.3) is 0 Å². The molecule has 0 bridgehead atoms. The molecule has 0 saturated carbocycles. The van der Waals surface area contributed by atoms with Crippen LogP contribution in [-0.4, -0.2) is 37.8 Å². The summed E-state index contributed by atoms with van der Waals surface area (Å²) in [5, 5.41) is 6.75. The van der Waals surface area contributed by atoms with Gasteiger partial charge in [0.1, 0.15) is 5.00 Å². The summed E-state index contributed by atoms with van der Waals surface area (Å²) < 4.78 is 23.4. The number of benzene rings is 1. The third-order valence-electron chi connectivity index (χ3n) is 5.12. The molecule has 154 valence electrons. The highest BCUT2D eigenvalue weighted by Crippen LogP contribution is 2.39. The van der Waals surface area contributed by atoms with Crippen LogP contribution in [0.2, 0.25) is 10.0 Å². The lowest BCUT2D eigenvalue weighted by Gasteiger charge is -2.13. The lowest BCUT2D eigenvalue weighted by molar-refractivity contribution is 0.0941. The first-order valence-electron chi connectivity index (χ1n) is 9.16. The van der Waals surface area contributed by atoms with Crippen LogP contribution < -0.4 is 10.6 Å². The molecule has 1 aromatic carbocycles. The van der Waals surface area contributed by atoms with Gasteiger partial charge in [0.15, 0.2) is 9.84 Å². The van der Waals surface area contributed by atoms with Crippen molar-refractivity contribution in [3.8, 4) is 0 Å². The maximum absolute atomic E-state index is 13.0. The number of halogens is 2. The van der Waals surface area contributed by atoms with Gasteiger partial charge in [0.2, 0.25) is 0 Å². The van der Waals surface area contributed by atoms with Crippen molar-refractivity contribution < 1.29 is 18.0 Å². The van der Waals surface area contributed by atoms with Gasteiger partial charge in [-0.1, -0.05) is 23.2 Å². The fourth-order valence-corrected chi connectivity index (χ4v) is 7.19. The largest absolute Gasteiger partial charge is 0.348 e. The topological polar surface area (TPSA) is 92.3 Å². The monoisotopic (exact) mass is 472 g/mol. The molecule has 4 rings (SSSR count). The zero-order valence-corrected chi connectivity index (χ0v) is 18.4. The van der Waals surface area contributed by atoms with Crippen LogP contribution >= 0.6 is 34.5 Å². The maximum Gasteiger partial charge on any atom is 0.257 e. The Kier molecular flexibility index (Phi) is 5.63. The minimum atomic E-state index is -3.10. The van der Waals surface area contributed by atoms with E-state index in [0.29, 0.717) is 22.0 Å². The lowest BCUT2D eigenvalue weighted by Crippen LogP contribution is -2.36. The number of amides is 2. The number of hydrogen-bond acceptors (Lipinski definition) is 5. The van der Waals surface area contributed by atoms with Crippen LogP contribution in [0.4, 0.5) is 5.00 Å². The molecule has 1 aliphatic carbocycles. The van der Waals surface area contributed by atoms with Gasteiger partial charge in [-0.3, -0.25) is 9.59 Å². The van der Waals surface area contributed by atoms with E-state index in [1.807, 2.05) is 0 Å². The molecule has 1 saturated heterocycles. The summed E-state index contributed by atoms with van der Waals surface area (Å²) in [5.74, 6) is -0.737. The molecular formula is C19H18Cl2N2O4S2. The second kappa shape index (κ2) is 7.91. The van der Waals surface area contributed by atoms with Crippen LogP contribution in [0.1, 0.15) is 44.0 Å². The maximum atomic E-state index is 13.0. The van der Waals surface area contributed by atoms with Crippen LogP contribution in [-0.2, 0) is 22.7 Å². The molecule has 1 aliphatic heterocycles.